The normalized spacial score (nSPS) is 11.0. The summed E-state index contributed by atoms with van der Waals surface area (Å²) in [5, 5.41) is 17.9. The lowest BCUT2D eigenvalue weighted by Crippen LogP contribution is -2.22. The van der Waals surface area contributed by atoms with Crippen LogP contribution in [0.4, 0.5) is 11.4 Å². The van der Waals surface area contributed by atoms with Crippen LogP contribution in [0.1, 0.15) is 43.2 Å². The second kappa shape index (κ2) is 10.6. The van der Waals surface area contributed by atoms with E-state index in [0.717, 1.165) is 12.1 Å². The Morgan fingerprint density at radius 1 is 1.14 bits per heavy atom. The number of amides is 1. The summed E-state index contributed by atoms with van der Waals surface area (Å²) in [4.78, 5) is 16.8. The van der Waals surface area contributed by atoms with E-state index < -0.39 is 0 Å². The molecule has 156 valence electrons. The van der Waals surface area contributed by atoms with E-state index in [-0.39, 0.29) is 18.1 Å². The molecular formula is C22H30N4O3. The van der Waals surface area contributed by atoms with Gasteiger partial charge in [0.05, 0.1) is 11.4 Å². The number of benzene rings is 1. The van der Waals surface area contributed by atoms with Crippen molar-refractivity contribution in [1.82, 2.24) is 10.3 Å². The van der Waals surface area contributed by atoms with Crippen LogP contribution in [0.5, 0.6) is 0 Å². The number of nitrogens with zero attached hydrogens (tertiary/aromatic N) is 1. The van der Waals surface area contributed by atoms with Gasteiger partial charge >= 0.3 is 0 Å². The van der Waals surface area contributed by atoms with Crippen LogP contribution in [0.2, 0.25) is 0 Å². The summed E-state index contributed by atoms with van der Waals surface area (Å²) in [6.45, 7) is 11.2. The molecule has 4 N–H and O–H groups in total. The van der Waals surface area contributed by atoms with Crippen molar-refractivity contribution in [3.05, 3.63) is 66.3 Å². The molecule has 29 heavy (non-hydrogen) atoms. The molecule has 2 rings (SSSR count). The zero-order valence-electron chi connectivity index (χ0n) is 17.3. The highest BCUT2D eigenvalue weighted by Crippen LogP contribution is 2.24. The standard InChI is InChI=1S/C22H30N4O3/c1-16(29-22(2,3)4)25-18-8-5-6-9-19(18)26-21(28)20-11-10-17(15-24-20)14-23-12-7-13-27/h5-6,8-11,15,23,25,27H,1,7,12-14H2,2-4H3,(H,26,28). The molecule has 1 aromatic heterocycles. The minimum Gasteiger partial charge on any atom is -0.474 e. The van der Waals surface area contributed by atoms with E-state index in [1.165, 1.54) is 0 Å². The van der Waals surface area contributed by atoms with Crippen molar-refractivity contribution in [3.8, 4) is 0 Å². The van der Waals surface area contributed by atoms with Gasteiger partial charge in [0, 0.05) is 19.3 Å². The van der Waals surface area contributed by atoms with Crippen molar-refractivity contribution in [2.75, 3.05) is 23.8 Å². The number of pyridine rings is 1. The summed E-state index contributed by atoms with van der Waals surface area (Å²) in [5.74, 6) is 0.0942. The molecule has 0 unspecified atom stereocenters. The van der Waals surface area contributed by atoms with Gasteiger partial charge in [0.2, 0.25) is 0 Å². The van der Waals surface area contributed by atoms with Crippen LogP contribution >= 0.6 is 0 Å². The molecular weight excluding hydrogens is 368 g/mol. The fraction of sp³-hybridized carbons (Fsp3) is 0.364. The van der Waals surface area contributed by atoms with Crippen LogP contribution in [-0.4, -0.2) is 34.8 Å². The molecule has 0 fully saturated rings. The highest BCUT2D eigenvalue weighted by atomic mass is 16.5. The number of rotatable bonds is 10. The van der Waals surface area contributed by atoms with Crippen LogP contribution < -0.4 is 16.0 Å². The van der Waals surface area contributed by atoms with Gasteiger partial charge in [-0.05, 0) is 64.1 Å². The first kappa shape index (κ1) is 22.4. The number of aliphatic hydroxyl groups excluding tert-OH is 1. The van der Waals surface area contributed by atoms with Gasteiger partial charge in [0.1, 0.15) is 11.3 Å². The Morgan fingerprint density at radius 3 is 2.41 bits per heavy atom. The number of nitrogens with one attached hydrogen (secondary N) is 3. The van der Waals surface area contributed by atoms with Crippen molar-refractivity contribution in [1.29, 1.82) is 0 Å². The predicted molar refractivity (Wildman–Crippen MR) is 116 cm³/mol. The molecule has 1 aromatic carbocycles. The monoisotopic (exact) mass is 398 g/mol. The fourth-order valence-corrected chi connectivity index (χ4v) is 2.53. The van der Waals surface area contributed by atoms with E-state index in [4.69, 9.17) is 9.84 Å². The Bertz CT molecular complexity index is 814. The van der Waals surface area contributed by atoms with E-state index in [2.05, 4.69) is 27.5 Å². The van der Waals surface area contributed by atoms with E-state index in [1.807, 2.05) is 45.0 Å². The van der Waals surface area contributed by atoms with Crippen LogP contribution in [0.25, 0.3) is 0 Å². The van der Waals surface area contributed by atoms with Crippen LogP contribution in [0.15, 0.2) is 55.1 Å². The third-order valence-corrected chi connectivity index (χ3v) is 3.78. The van der Waals surface area contributed by atoms with Gasteiger partial charge in [0.25, 0.3) is 5.91 Å². The number of hydrogen-bond acceptors (Lipinski definition) is 6. The lowest BCUT2D eigenvalue weighted by molar-refractivity contribution is 0.0565. The summed E-state index contributed by atoms with van der Waals surface area (Å²) in [6.07, 6.45) is 2.37. The highest BCUT2D eigenvalue weighted by Gasteiger charge is 2.15. The fourth-order valence-electron chi connectivity index (χ4n) is 2.53. The SMILES string of the molecule is C=C(Nc1ccccc1NC(=O)c1ccc(CNCCCO)cn1)OC(C)(C)C. The zero-order valence-corrected chi connectivity index (χ0v) is 17.3. The number of aromatic nitrogens is 1. The number of hydrogen-bond donors (Lipinski definition) is 4. The number of carbonyl (C=O) groups excluding carboxylic acids is 1. The van der Waals surface area contributed by atoms with E-state index >= 15 is 0 Å². The molecule has 1 amide bonds. The van der Waals surface area contributed by atoms with Gasteiger partial charge in [-0.15, -0.1) is 0 Å². The highest BCUT2D eigenvalue weighted by molar-refractivity contribution is 6.04. The van der Waals surface area contributed by atoms with E-state index in [9.17, 15) is 4.79 Å². The Kier molecular flexibility index (Phi) is 8.18. The molecule has 7 heteroatoms. The Labute approximate surface area is 172 Å². The molecule has 1 heterocycles. The molecule has 2 aromatic rings. The Hall–Kier alpha value is -2.90. The summed E-state index contributed by atoms with van der Waals surface area (Å²) < 4.78 is 5.70. The zero-order chi connectivity index (χ0) is 21.3. The van der Waals surface area contributed by atoms with E-state index in [0.29, 0.717) is 35.9 Å². The van der Waals surface area contributed by atoms with Crippen molar-refractivity contribution >= 4 is 17.3 Å². The molecule has 0 saturated heterocycles. The lowest BCUT2D eigenvalue weighted by atomic mass is 10.2. The topological polar surface area (TPSA) is 95.5 Å². The van der Waals surface area contributed by atoms with Gasteiger partial charge in [-0.2, -0.15) is 0 Å². The minimum absolute atomic E-state index is 0.163. The average Bonchev–Trinajstić information content (AvgIpc) is 2.66. The lowest BCUT2D eigenvalue weighted by Gasteiger charge is -2.24. The second-order valence-electron chi connectivity index (χ2n) is 7.57. The average molecular weight is 399 g/mol. The second-order valence-corrected chi connectivity index (χ2v) is 7.57. The van der Waals surface area contributed by atoms with Crippen molar-refractivity contribution in [3.63, 3.8) is 0 Å². The van der Waals surface area contributed by atoms with Crippen LogP contribution in [0, 0.1) is 0 Å². The minimum atomic E-state index is -0.374. The van der Waals surface area contributed by atoms with E-state index in [1.54, 1.807) is 18.3 Å². The number of anilines is 2. The molecule has 0 spiro atoms. The summed E-state index contributed by atoms with van der Waals surface area (Å²) in [7, 11) is 0. The summed E-state index contributed by atoms with van der Waals surface area (Å²) in [6, 6.07) is 10.9. The third kappa shape index (κ3) is 7.93. The molecule has 0 saturated carbocycles. The molecule has 0 bridgehead atoms. The molecule has 0 aliphatic rings. The smallest absolute Gasteiger partial charge is 0.274 e. The number of carbonyl (C=O) groups is 1. The quantitative estimate of drug-likeness (QED) is 0.361. The summed E-state index contributed by atoms with van der Waals surface area (Å²) in [5.41, 5.74) is 2.20. The van der Waals surface area contributed by atoms with Crippen LogP contribution in [0.3, 0.4) is 0 Å². The number of aliphatic hydroxyl groups is 1. The van der Waals surface area contributed by atoms with Gasteiger partial charge in [-0.25, -0.2) is 0 Å². The van der Waals surface area contributed by atoms with Crippen molar-refractivity contribution < 1.29 is 14.6 Å². The Balaban J connectivity index is 1.99. The van der Waals surface area contributed by atoms with Gasteiger partial charge in [0.15, 0.2) is 5.88 Å². The Morgan fingerprint density at radius 2 is 1.83 bits per heavy atom. The van der Waals surface area contributed by atoms with Gasteiger partial charge in [-0.1, -0.05) is 18.2 Å². The van der Waals surface area contributed by atoms with Crippen molar-refractivity contribution in [2.45, 2.75) is 39.3 Å². The number of ether oxygens (including phenoxy) is 1. The maximum absolute atomic E-state index is 12.6. The summed E-state index contributed by atoms with van der Waals surface area (Å²) >= 11 is 0. The molecule has 0 aliphatic heterocycles. The first-order valence-corrected chi connectivity index (χ1v) is 9.60. The van der Waals surface area contributed by atoms with Gasteiger partial charge in [-0.3, -0.25) is 9.78 Å². The predicted octanol–water partition coefficient (Wildman–Crippen LogP) is 3.50. The van der Waals surface area contributed by atoms with Crippen molar-refractivity contribution in [2.24, 2.45) is 0 Å². The molecule has 0 atom stereocenters. The number of para-hydroxylation sites is 2. The maximum atomic E-state index is 12.6. The van der Waals surface area contributed by atoms with Gasteiger partial charge < -0.3 is 25.8 Å². The first-order valence-electron chi connectivity index (χ1n) is 9.60. The third-order valence-electron chi connectivity index (χ3n) is 3.78. The largest absolute Gasteiger partial charge is 0.474 e. The molecule has 0 aliphatic carbocycles. The first-order chi connectivity index (χ1) is 13.8. The molecule has 0 radical (unpaired) electrons. The van der Waals surface area contributed by atoms with Crippen LogP contribution in [-0.2, 0) is 11.3 Å². The molecule has 7 nitrogen and oxygen atoms in total. The maximum Gasteiger partial charge on any atom is 0.274 e.